The molecule has 3 rings (SSSR count). The fourth-order valence-electron chi connectivity index (χ4n) is 2.62. The van der Waals surface area contributed by atoms with Crippen LogP contribution in [0, 0.1) is 18.7 Å². The SMILES string of the molecule is COCC1CC1.Cc1ccc(OC(F)F)c(C(N)=NC(=O)Cc2ccccc2)c1F. The third-order valence-electron chi connectivity index (χ3n) is 4.31. The molecule has 1 aliphatic rings. The lowest BCUT2D eigenvalue weighted by atomic mass is 10.1. The van der Waals surface area contributed by atoms with Crippen molar-refractivity contribution < 1.29 is 27.4 Å². The minimum atomic E-state index is -3.15. The van der Waals surface area contributed by atoms with Gasteiger partial charge >= 0.3 is 6.61 Å². The number of carbonyl (C=O) groups is 1. The third-order valence-corrected chi connectivity index (χ3v) is 4.31. The number of carbonyl (C=O) groups excluding carboxylic acids is 1. The van der Waals surface area contributed by atoms with Crippen LogP contribution < -0.4 is 10.5 Å². The second kappa shape index (κ2) is 11.3. The van der Waals surface area contributed by atoms with E-state index in [1.165, 1.54) is 25.8 Å². The first-order valence-electron chi connectivity index (χ1n) is 9.46. The highest BCUT2D eigenvalue weighted by Gasteiger charge is 2.20. The summed E-state index contributed by atoms with van der Waals surface area (Å²) in [6.45, 7) is -0.733. The summed E-state index contributed by atoms with van der Waals surface area (Å²) in [6.07, 6.45) is 2.75. The fourth-order valence-corrected chi connectivity index (χ4v) is 2.62. The molecule has 5 nitrogen and oxygen atoms in total. The van der Waals surface area contributed by atoms with Gasteiger partial charge in [0.2, 0.25) is 0 Å². The molecule has 1 aliphatic carbocycles. The van der Waals surface area contributed by atoms with Gasteiger partial charge in [-0.05, 0) is 42.9 Å². The maximum absolute atomic E-state index is 14.2. The summed E-state index contributed by atoms with van der Waals surface area (Å²) in [5.41, 5.74) is 6.08. The molecule has 0 radical (unpaired) electrons. The molecule has 0 bridgehead atoms. The minimum Gasteiger partial charge on any atom is -0.434 e. The van der Waals surface area contributed by atoms with Crippen LogP contribution >= 0.6 is 0 Å². The predicted molar refractivity (Wildman–Crippen MR) is 108 cm³/mol. The Kier molecular flexibility index (Phi) is 8.86. The van der Waals surface area contributed by atoms with Gasteiger partial charge in [-0.3, -0.25) is 4.79 Å². The van der Waals surface area contributed by atoms with Gasteiger partial charge in [0.1, 0.15) is 17.4 Å². The normalized spacial score (nSPS) is 13.6. The number of aliphatic imine (C=N–C) groups is 1. The van der Waals surface area contributed by atoms with Gasteiger partial charge in [-0.25, -0.2) is 4.39 Å². The third kappa shape index (κ3) is 7.51. The lowest BCUT2D eigenvalue weighted by Crippen LogP contribution is -2.21. The zero-order valence-corrected chi connectivity index (χ0v) is 16.9. The van der Waals surface area contributed by atoms with E-state index in [1.54, 1.807) is 37.4 Å². The number of amidine groups is 1. The second-order valence-electron chi connectivity index (χ2n) is 6.90. The van der Waals surface area contributed by atoms with Gasteiger partial charge in [0.15, 0.2) is 0 Å². The van der Waals surface area contributed by atoms with E-state index >= 15 is 0 Å². The van der Waals surface area contributed by atoms with Crippen LogP contribution in [0.3, 0.4) is 0 Å². The molecule has 0 saturated heterocycles. The van der Waals surface area contributed by atoms with Crippen LogP contribution in [0.4, 0.5) is 13.2 Å². The highest BCUT2D eigenvalue weighted by molar-refractivity contribution is 6.06. The number of alkyl halides is 2. The molecule has 0 aromatic heterocycles. The van der Waals surface area contributed by atoms with E-state index in [0.29, 0.717) is 5.56 Å². The van der Waals surface area contributed by atoms with Crippen LogP contribution in [0.15, 0.2) is 47.5 Å². The molecule has 2 aromatic rings. The molecule has 8 heteroatoms. The van der Waals surface area contributed by atoms with Crippen LogP contribution in [0.25, 0.3) is 0 Å². The van der Waals surface area contributed by atoms with Crippen molar-refractivity contribution in [2.45, 2.75) is 32.8 Å². The van der Waals surface area contributed by atoms with E-state index in [0.717, 1.165) is 18.6 Å². The molecule has 1 fully saturated rings. The molecule has 2 aromatic carbocycles. The van der Waals surface area contributed by atoms with E-state index < -0.39 is 35.5 Å². The fraction of sp³-hybridized carbons (Fsp3) is 0.364. The van der Waals surface area contributed by atoms with E-state index in [2.05, 4.69) is 9.73 Å². The minimum absolute atomic E-state index is 0.0417. The van der Waals surface area contributed by atoms with Crippen LogP contribution in [0.2, 0.25) is 0 Å². The first-order chi connectivity index (χ1) is 14.3. The summed E-state index contributed by atoms with van der Waals surface area (Å²) in [7, 11) is 1.76. The quantitative estimate of drug-likeness (QED) is 0.535. The van der Waals surface area contributed by atoms with Gasteiger partial charge in [0.05, 0.1) is 12.0 Å². The first-order valence-corrected chi connectivity index (χ1v) is 9.46. The summed E-state index contributed by atoms with van der Waals surface area (Å²) in [5.74, 6) is -1.53. The van der Waals surface area contributed by atoms with Crippen molar-refractivity contribution in [1.82, 2.24) is 0 Å². The monoisotopic (exact) mass is 422 g/mol. The zero-order valence-electron chi connectivity index (χ0n) is 16.9. The molecule has 0 aliphatic heterocycles. The van der Waals surface area contributed by atoms with Gasteiger partial charge in [0.25, 0.3) is 5.91 Å². The first kappa shape index (κ1) is 23.4. The Morgan fingerprint density at radius 2 is 1.87 bits per heavy atom. The van der Waals surface area contributed by atoms with Crippen molar-refractivity contribution in [2.24, 2.45) is 16.6 Å². The number of methoxy groups -OCH3 is 1. The Hall–Kier alpha value is -2.87. The topological polar surface area (TPSA) is 73.9 Å². The Morgan fingerprint density at radius 3 is 2.40 bits per heavy atom. The predicted octanol–water partition coefficient (Wildman–Crippen LogP) is 4.25. The van der Waals surface area contributed by atoms with Crippen molar-refractivity contribution in [2.75, 3.05) is 13.7 Å². The summed E-state index contributed by atoms with van der Waals surface area (Å²) >= 11 is 0. The number of amides is 1. The Bertz CT molecular complexity index is 869. The van der Waals surface area contributed by atoms with Crippen LogP contribution in [0.1, 0.15) is 29.5 Å². The summed E-state index contributed by atoms with van der Waals surface area (Å²) in [5, 5.41) is 0. The average Bonchev–Trinajstić information content (AvgIpc) is 3.50. The smallest absolute Gasteiger partial charge is 0.387 e. The molecule has 0 unspecified atom stereocenters. The van der Waals surface area contributed by atoms with Crippen LogP contribution in [0.5, 0.6) is 5.75 Å². The number of halogens is 3. The van der Waals surface area contributed by atoms with E-state index in [9.17, 15) is 18.0 Å². The average molecular weight is 422 g/mol. The summed E-state index contributed by atoms with van der Waals surface area (Å²) in [4.78, 5) is 15.6. The summed E-state index contributed by atoms with van der Waals surface area (Å²) in [6, 6.07) is 11.2. The Morgan fingerprint density at radius 1 is 1.20 bits per heavy atom. The molecule has 30 heavy (non-hydrogen) atoms. The molecule has 162 valence electrons. The maximum Gasteiger partial charge on any atom is 0.387 e. The summed E-state index contributed by atoms with van der Waals surface area (Å²) < 4.78 is 48.3. The van der Waals surface area contributed by atoms with Gasteiger partial charge in [-0.2, -0.15) is 13.8 Å². The lowest BCUT2D eigenvalue weighted by Gasteiger charge is -2.12. The number of nitrogens with two attached hydrogens (primary N) is 1. The molecular formula is C22H25F3N2O3. The molecule has 2 N–H and O–H groups in total. The molecule has 0 spiro atoms. The number of hydrogen-bond donors (Lipinski definition) is 1. The maximum atomic E-state index is 14.2. The van der Waals surface area contributed by atoms with E-state index in [4.69, 9.17) is 10.5 Å². The number of aryl methyl sites for hydroxylation is 1. The lowest BCUT2D eigenvalue weighted by molar-refractivity contribution is -0.117. The number of nitrogens with zero attached hydrogens (tertiary/aromatic N) is 1. The van der Waals surface area contributed by atoms with Crippen molar-refractivity contribution in [3.8, 4) is 5.75 Å². The number of hydrogen-bond acceptors (Lipinski definition) is 3. The van der Waals surface area contributed by atoms with Crippen LogP contribution in [-0.2, 0) is 16.0 Å². The highest BCUT2D eigenvalue weighted by atomic mass is 19.3. The largest absolute Gasteiger partial charge is 0.434 e. The van der Waals surface area contributed by atoms with Crippen molar-refractivity contribution in [3.05, 3.63) is 65.0 Å². The Balaban J connectivity index is 0.000000456. The number of benzene rings is 2. The number of rotatable bonds is 7. The van der Waals surface area contributed by atoms with Gasteiger partial charge < -0.3 is 15.2 Å². The molecule has 0 atom stereocenters. The molecule has 1 saturated carbocycles. The second-order valence-corrected chi connectivity index (χ2v) is 6.90. The van der Waals surface area contributed by atoms with Gasteiger partial charge in [0, 0.05) is 13.7 Å². The molecular weight excluding hydrogens is 397 g/mol. The number of ether oxygens (including phenoxy) is 2. The van der Waals surface area contributed by atoms with Gasteiger partial charge in [-0.15, -0.1) is 0 Å². The Labute approximate surface area is 173 Å². The van der Waals surface area contributed by atoms with Crippen LogP contribution in [-0.4, -0.2) is 32.1 Å². The van der Waals surface area contributed by atoms with Gasteiger partial charge in [-0.1, -0.05) is 36.4 Å². The van der Waals surface area contributed by atoms with E-state index in [-0.39, 0.29) is 12.0 Å². The molecule has 1 amide bonds. The molecule has 0 heterocycles. The highest BCUT2D eigenvalue weighted by Crippen LogP contribution is 2.28. The standard InChI is InChI=1S/C17H15F3N2O2.C5H10O/c1-10-7-8-12(24-17(19)20)14(15(10)18)16(21)22-13(23)9-11-5-3-2-4-6-11;1-6-4-5-2-3-5/h2-8,17H,9H2,1H3,(H2,21,22,23);5H,2-4H2,1H3. The van der Waals surface area contributed by atoms with Crippen molar-refractivity contribution >= 4 is 11.7 Å². The zero-order chi connectivity index (χ0) is 22.1. The van der Waals surface area contributed by atoms with E-state index in [1.807, 2.05) is 0 Å². The van der Waals surface area contributed by atoms with Crippen molar-refractivity contribution in [3.63, 3.8) is 0 Å². The van der Waals surface area contributed by atoms with Crippen molar-refractivity contribution in [1.29, 1.82) is 0 Å².